The van der Waals surface area contributed by atoms with E-state index in [4.69, 9.17) is 5.73 Å². The Hall–Kier alpha value is -1.15. The van der Waals surface area contributed by atoms with Crippen molar-refractivity contribution in [2.45, 2.75) is 23.8 Å². The Kier molecular flexibility index (Phi) is 6.15. The second-order valence-electron chi connectivity index (χ2n) is 4.76. The van der Waals surface area contributed by atoms with Crippen LogP contribution in [0, 0.1) is 0 Å². The van der Waals surface area contributed by atoms with Gasteiger partial charge in [-0.15, -0.1) is 12.4 Å². The van der Waals surface area contributed by atoms with E-state index in [1.165, 1.54) is 19.2 Å². The lowest BCUT2D eigenvalue weighted by atomic mass is 10.1. The lowest BCUT2D eigenvalue weighted by molar-refractivity contribution is 0.0741. The van der Waals surface area contributed by atoms with Gasteiger partial charge in [0, 0.05) is 24.7 Å². The fourth-order valence-electron chi connectivity index (χ4n) is 2.41. The molecule has 118 valence electrons. The van der Waals surface area contributed by atoms with E-state index in [2.05, 4.69) is 4.72 Å². The van der Waals surface area contributed by atoms with Crippen LogP contribution in [0.3, 0.4) is 0 Å². The average Bonchev–Trinajstić information content (AvgIpc) is 2.95. The molecular formula is C13H20ClN3O3S. The molecule has 0 aromatic heterocycles. The van der Waals surface area contributed by atoms with Crippen LogP contribution in [0.2, 0.25) is 0 Å². The first kappa shape index (κ1) is 17.9. The number of halogens is 1. The van der Waals surface area contributed by atoms with E-state index in [0.717, 1.165) is 12.8 Å². The van der Waals surface area contributed by atoms with Crippen molar-refractivity contribution in [1.29, 1.82) is 0 Å². The number of hydrogen-bond donors (Lipinski definition) is 2. The Morgan fingerprint density at radius 2 is 2.00 bits per heavy atom. The van der Waals surface area contributed by atoms with Crippen LogP contribution >= 0.6 is 12.4 Å². The summed E-state index contributed by atoms with van der Waals surface area (Å²) in [4.78, 5) is 14.3. The third kappa shape index (κ3) is 3.74. The third-order valence-electron chi connectivity index (χ3n) is 3.59. The molecule has 3 N–H and O–H groups in total. The predicted octanol–water partition coefficient (Wildman–Crippen LogP) is 0.580. The maximum absolute atomic E-state index is 12.4. The Balaban J connectivity index is 0.00000220. The maximum atomic E-state index is 12.4. The molecule has 1 saturated heterocycles. The number of amides is 1. The number of carbonyl (C=O) groups is 1. The zero-order chi connectivity index (χ0) is 14.8. The molecule has 0 bridgehead atoms. The zero-order valence-electron chi connectivity index (χ0n) is 11.8. The number of carbonyl (C=O) groups excluding carboxylic acids is 1. The molecule has 0 aliphatic carbocycles. The van der Waals surface area contributed by atoms with Crippen LogP contribution < -0.4 is 10.5 Å². The monoisotopic (exact) mass is 333 g/mol. The van der Waals surface area contributed by atoms with Gasteiger partial charge in [-0.2, -0.15) is 0 Å². The SMILES string of the molecule is CNS(=O)(=O)c1ccc(C(=O)N2CCCC2CN)cc1.Cl. The molecule has 1 unspecified atom stereocenters. The number of nitrogens with one attached hydrogen (secondary N) is 1. The third-order valence-corrected chi connectivity index (χ3v) is 5.02. The maximum Gasteiger partial charge on any atom is 0.254 e. The van der Waals surface area contributed by atoms with Gasteiger partial charge in [-0.3, -0.25) is 4.79 Å². The van der Waals surface area contributed by atoms with Crippen molar-refractivity contribution in [1.82, 2.24) is 9.62 Å². The Bertz CT molecular complexity index is 589. The van der Waals surface area contributed by atoms with Crippen LogP contribution in [0.15, 0.2) is 29.2 Å². The molecule has 1 heterocycles. The van der Waals surface area contributed by atoms with E-state index in [1.54, 1.807) is 17.0 Å². The molecule has 6 nitrogen and oxygen atoms in total. The fourth-order valence-corrected chi connectivity index (χ4v) is 3.14. The number of nitrogens with two attached hydrogens (primary N) is 1. The number of sulfonamides is 1. The van der Waals surface area contributed by atoms with Gasteiger partial charge in [-0.25, -0.2) is 13.1 Å². The van der Waals surface area contributed by atoms with Crippen molar-refractivity contribution in [3.05, 3.63) is 29.8 Å². The normalized spacial score (nSPS) is 18.4. The summed E-state index contributed by atoms with van der Waals surface area (Å²) in [5, 5.41) is 0. The minimum absolute atomic E-state index is 0. The van der Waals surface area contributed by atoms with E-state index >= 15 is 0 Å². The summed E-state index contributed by atoms with van der Waals surface area (Å²) < 4.78 is 25.5. The van der Waals surface area contributed by atoms with Crippen molar-refractivity contribution in [2.24, 2.45) is 5.73 Å². The van der Waals surface area contributed by atoms with Crippen LogP contribution in [0.1, 0.15) is 23.2 Å². The number of benzene rings is 1. The van der Waals surface area contributed by atoms with Gasteiger partial charge in [-0.1, -0.05) is 0 Å². The van der Waals surface area contributed by atoms with Gasteiger partial charge in [0.1, 0.15) is 0 Å². The number of likely N-dealkylation sites (tertiary alicyclic amines) is 1. The molecule has 1 aromatic rings. The number of nitrogens with zero attached hydrogens (tertiary/aromatic N) is 1. The molecule has 0 spiro atoms. The lowest BCUT2D eigenvalue weighted by Gasteiger charge is -2.23. The van der Waals surface area contributed by atoms with Crippen molar-refractivity contribution in [2.75, 3.05) is 20.1 Å². The Morgan fingerprint density at radius 3 is 2.52 bits per heavy atom. The van der Waals surface area contributed by atoms with Gasteiger partial charge in [0.05, 0.1) is 4.90 Å². The van der Waals surface area contributed by atoms with Crippen LogP contribution in [-0.2, 0) is 10.0 Å². The van der Waals surface area contributed by atoms with Crippen LogP contribution in [0.4, 0.5) is 0 Å². The van der Waals surface area contributed by atoms with Gasteiger partial charge in [0.25, 0.3) is 5.91 Å². The minimum Gasteiger partial charge on any atom is -0.334 e. The predicted molar refractivity (Wildman–Crippen MR) is 83.0 cm³/mol. The lowest BCUT2D eigenvalue weighted by Crippen LogP contribution is -2.39. The molecule has 1 fully saturated rings. The van der Waals surface area contributed by atoms with E-state index in [0.29, 0.717) is 18.7 Å². The highest BCUT2D eigenvalue weighted by Gasteiger charge is 2.28. The average molecular weight is 334 g/mol. The molecule has 1 aliphatic heterocycles. The summed E-state index contributed by atoms with van der Waals surface area (Å²) in [7, 11) is -2.12. The van der Waals surface area contributed by atoms with Crippen LogP contribution in [0.5, 0.6) is 0 Å². The molecule has 2 rings (SSSR count). The molecule has 1 aliphatic rings. The van der Waals surface area contributed by atoms with Gasteiger partial charge >= 0.3 is 0 Å². The summed E-state index contributed by atoms with van der Waals surface area (Å²) in [5.74, 6) is -0.0913. The number of hydrogen-bond acceptors (Lipinski definition) is 4. The van der Waals surface area contributed by atoms with E-state index < -0.39 is 10.0 Å². The molecule has 1 amide bonds. The van der Waals surface area contributed by atoms with Gasteiger partial charge < -0.3 is 10.6 Å². The summed E-state index contributed by atoms with van der Waals surface area (Å²) in [6.45, 7) is 1.16. The summed E-state index contributed by atoms with van der Waals surface area (Å²) in [5.41, 5.74) is 6.14. The smallest absolute Gasteiger partial charge is 0.254 e. The molecule has 0 radical (unpaired) electrons. The second kappa shape index (κ2) is 7.22. The van der Waals surface area contributed by atoms with E-state index in [1.807, 2.05) is 0 Å². The van der Waals surface area contributed by atoms with E-state index in [9.17, 15) is 13.2 Å². The summed E-state index contributed by atoms with van der Waals surface area (Å²) in [6, 6.07) is 6.04. The van der Waals surface area contributed by atoms with Crippen LogP contribution in [0.25, 0.3) is 0 Å². The quantitative estimate of drug-likeness (QED) is 0.843. The standard InChI is InChI=1S/C13H19N3O3S.ClH/c1-15-20(18,19)12-6-4-10(5-7-12)13(17)16-8-2-3-11(16)9-14;/h4-7,11,15H,2-3,8-9,14H2,1H3;1H. The van der Waals surface area contributed by atoms with Crippen molar-refractivity contribution < 1.29 is 13.2 Å². The Labute approximate surface area is 131 Å². The van der Waals surface area contributed by atoms with Crippen LogP contribution in [-0.4, -0.2) is 45.4 Å². The number of rotatable bonds is 4. The first-order chi connectivity index (χ1) is 9.49. The first-order valence-electron chi connectivity index (χ1n) is 6.54. The van der Waals surface area contributed by atoms with Crippen molar-refractivity contribution >= 4 is 28.3 Å². The molecular weight excluding hydrogens is 314 g/mol. The topological polar surface area (TPSA) is 92.5 Å². The van der Waals surface area contributed by atoms with Gasteiger partial charge in [-0.05, 0) is 44.2 Å². The molecule has 1 atom stereocenters. The minimum atomic E-state index is -3.47. The van der Waals surface area contributed by atoms with Gasteiger partial charge in [0.15, 0.2) is 0 Å². The largest absolute Gasteiger partial charge is 0.334 e. The van der Waals surface area contributed by atoms with Gasteiger partial charge in [0.2, 0.25) is 10.0 Å². The fraction of sp³-hybridized carbons (Fsp3) is 0.462. The molecule has 0 saturated carbocycles. The molecule has 21 heavy (non-hydrogen) atoms. The second-order valence-corrected chi connectivity index (χ2v) is 6.65. The summed E-state index contributed by atoms with van der Waals surface area (Å²) >= 11 is 0. The highest BCUT2D eigenvalue weighted by molar-refractivity contribution is 7.89. The van der Waals surface area contributed by atoms with Crippen molar-refractivity contribution in [3.8, 4) is 0 Å². The summed E-state index contributed by atoms with van der Waals surface area (Å²) in [6.07, 6.45) is 1.88. The molecule has 8 heteroatoms. The highest BCUT2D eigenvalue weighted by Crippen LogP contribution is 2.20. The van der Waals surface area contributed by atoms with E-state index in [-0.39, 0.29) is 29.3 Å². The van der Waals surface area contributed by atoms with Crippen molar-refractivity contribution in [3.63, 3.8) is 0 Å². The Morgan fingerprint density at radius 1 is 1.38 bits per heavy atom. The molecule has 1 aromatic carbocycles. The first-order valence-corrected chi connectivity index (χ1v) is 8.02. The zero-order valence-corrected chi connectivity index (χ0v) is 13.4. The highest BCUT2D eigenvalue weighted by atomic mass is 35.5.